The highest BCUT2D eigenvalue weighted by molar-refractivity contribution is 5.91. The maximum Gasteiger partial charge on any atom is 0.227 e. The number of hydrogen-bond acceptors (Lipinski definition) is 7. The summed E-state index contributed by atoms with van der Waals surface area (Å²) in [6.07, 6.45) is 0. The quantitative estimate of drug-likeness (QED) is 0.682. The van der Waals surface area contributed by atoms with Crippen LogP contribution in [0.25, 0.3) is 10.9 Å². The molecule has 2 aromatic carbocycles. The van der Waals surface area contributed by atoms with Crippen molar-refractivity contribution in [3.8, 4) is 5.75 Å². The molecule has 1 aliphatic heterocycles. The van der Waals surface area contributed by atoms with Gasteiger partial charge in [0, 0.05) is 43.8 Å². The number of benzene rings is 2. The van der Waals surface area contributed by atoms with E-state index in [0.29, 0.717) is 0 Å². The molecule has 0 unspecified atom stereocenters. The maximum atomic E-state index is 9.13. The zero-order chi connectivity index (χ0) is 19.3. The molecule has 28 heavy (non-hydrogen) atoms. The summed E-state index contributed by atoms with van der Waals surface area (Å²) in [5.41, 5.74) is 1.87. The highest BCUT2D eigenvalue weighted by atomic mass is 16.5. The number of rotatable bonds is 6. The fourth-order valence-corrected chi connectivity index (χ4v) is 3.43. The van der Waals surface area contributed by atoms with Crippen LogP contribution in [0.3, 0.4) is 0 Å². The molecule has 0 saturated carbocycles. The Labute approximate surface area is 164 Å². The number of aliphatic hydroxyl groups is 1. The molecule has 3 aromatic rings. The van der Waals surface area contributed by atoms with Crippen LogP contribution < -0.4 is 15.0 Å². The van der Waals surface area contributed by atoms with Crippen LogP contribution in [-0.2, 0) is 0 Å². The minimum atomic E-state index is 0.197. The first-order chi connectivity index (χ1) is 13.8. The molecule has 146 valence electrons. The molecular weight excluding hydrogens is 354 g/mol. The van der Waals surface area contributed by atoms with Crippen LogP contribution in [0, 0.1) is 0 Å². The SMILES string of the molecule is COc1ccc(Nc2nc(N3CCN(CCO)CC3)nc3ccccc23)cc1. The summed E-state index contributed by atoms with van der Waals surface area (Å²) < 4.78 is 5.23. The number of para-hydroxylation sites is 1. The molecule has 4 rings (SSSR count). The van der Waals surface area contributed by atoms with Crippen LogP contribution in [-0.4, -0.2) is 66.4 Å². The Hall–Kier alpha value is -2.90. The number of fused-ring (bicyclic) bond motifs is 1. The number of methoxy groups -OCH3 is 1. The third-order valence-electron chi connectivity index (χ3n) is 5.02. The molecular formula is C21H25N5O2. The van der Waals surface area contributed by atoms with Crippen molar-refractivity contribution in [2.45, 2.75) is 0 Å². The normalized spacial score (nSPS) is 15.0. The molecule has 0 radical (unpaired) electrons. The number of hydrogen-bond donors (Lipinski definition) is 2. The molecule has 1 saturated heterocycles. The summed E-state index contributed by atoms with van der Waals surface area (Å²) in [4.78, 5) is 14.1. The van der Waals surface area contributed by atoms with Crippen molar-refractivity contribution in [3.05, 3.63) is 48.5 Å². The van der Waals surface area contributed by atoms with Crippen LogP contribution in [0.4, 0.5) is 17.5 Å². The minimum absolute atomic E-state index is 0.197. The van der Waals surface area contributed by atoms with E-state index in [1.165, 1.54) is 0 Å². The number of piperazine rings is 1. The van der Waals surface area contributed by atoms with Gasteiger partial charge in [0.25, 0.3) is 0 Å². The Kier molecular flexibility index (Phi) is 5.55. The van der Waals surface area contributed by atoms with Crippen molar-refractivity contribution >= 4 is 28.4 Å². The Morgan fingerprint density at radius 3 is 2.46 bits per heavy atom. The molecule has 0 spiro atoms. The Balaban J connectivity index is 1.62. The minimum Gasteiger partial charge on any atom is -0.497 e. The van der Waals surface area contributed by atoms with Gasteiger partial charge in [0.1, 0.15) is 11.6 Å². The predicted octanol–water partition coefficient (Wildman–Crippen LogP) is 2.50. The maximum absolute atomic E-state index is 9.13. The first-order valence-corrected chi connectivity index (χ1v) is 9.53. The van der Waals surface area contributed by atoms with E-state index >= 15 is 0 Å². The molecule has 1 aliphatic rings. The molecule has 0 bridgehead atoms. The predicted molar refractivity (Wildman–Crippen MR) is 112 cm³/mol. The lowest BCUT2D eigenvalue weighted by Crippen LogP contribution is -2.47. The van der Waals surface area contributed by atoms with Gasteiger partial charge in [-0.25, -0.2) is 4.98 Å². The summed E-state index contributed by atoms with van der Waals surface area (Å²) in [6, 6.07) is 15.8. The average Bonchev–Trinajstić information content (AvgIpc) is 2.75. The van der Waals surface area contributed by atoms with Crippen molar-refractivity contribution in [2.75, 3.05) is 56.7 Å². The second-order valence-corrected chi connectivity index (χ2v) is 6.80. The monoisotopic (exact) mass is 379 g/mol. The molecule has 2 heterocycles. The number of β-amino-alcohol motifs (C(OH)–C–C–N with tert-alkyl or cyclic N) is 1. The largest absolute Gasteiger partial charge is 0.497 e. The van der Waals surface area contributed by atoms with Crippen molar-refractivity contribution in [3.63, 3.8) is 0 Å². The summed E-state index contributed by atoms with van der Waals surface area (Å²) in [7, 11) is 1.66. The molecule has 1 aromatic heterocycles. The van der Waals surface area contributed by atoms with Crippen molar-refractivity contribution in [1.82, 2.24) is 14.9 Å². The number of anilines is 3. The van der Waals surface area contributed by atoms with Crippen LogP contribution in [0.1, 0.15) is 0 Å². The van der Waals surface area contributed by atoms with Crippen LogP contribution in [0.5, 0.6) is 5.75 Å². The fraction of sp³-hybridized carbons (Fsp3) is 0.333. The van der Waals surface area contributed by atoms with E-state index in [2.05, 4.69) is 15.1 Å². The van der Waals surface area contributed by atoms with E-state index in [1.54, 1.807) is 7.11 Å². The summed E-state index contributed by atoms with van der Waals surface area (Å²) >= 11 is 0. The Bertz CT molecular complexity index is 924. The van der Waals surface area contributed by atoms with E-state index < -0.39 is 0 Å². The number of aliphatic hydroxyl groups excluding tert-OH is 1. The molecule has 2 N–H and O–H groups in total. The van der Waals surface area contributed by atoms with E-state index in [0.717, 1.165) is 66.8 Å². The molecule has 7 heteroatoms. The topological polar surface area (TPSA) is 73.8 Å². The van der Waals surface area contributed by atoms with Crippen molar-refractivity contribution in [2.24, 2.45) is 0 Å². The molecule has 0 aliphatic carbocycles. The third kappa shape index (κ3) is 4.00. The lowest BCUT2D eigenvalue weighted by atomic mass is 10.2. The van der Waals surface area contributed by atoms with Gasteiger partial charge < -0.3 is 20.1 Å². The van der Waals surface area contributed by atoms with Gasteiger partial charge in [0.2, 0.25) is 5.95 Å². The first kappa shape index (κ1) is 18.5. The van der Waals surface area contributed by atoms with Crippen molar-refractivity contribution < 1.29 is 9.84 Å². The Morgan fingerprint density at radius 1 is 1.00 bits per heavy atom. The number of nitrogens with zero attached hydrogens (tertiary/aromatic N) is 4. The van der Waals surface area contributed by atoms with Crippen LogP contribution in [0.15, 0.2) is 48.5 Å². The number of ether oxygens (including phenoxy) is 1. The van der Waals surface area contributed by atoms with E-state index in [4.69, 9.17) is 19.8 Å². The van der Waals surface area contributed by atoms with Gasteiger partial charge in [-0.05, 0) is 36.4 Å². The number of aromatic nitrogens is 2. The first-order valence-electron chi connectivity index (χ1n) is 9.53. The fourth-order valence-electron chi connectivity index (χ4n) is 3.43. The van der Waals surface area contributed by atoms with Crippen LogP contribution in [0.2, 0.25) is 0 Å². The number of nitrogens with one attached hydrogen (secondary N) is 1. The van der Waals surface area contributed by atoms with Gasteiger partial charge in [-0.1, -0.05) is 12.1 Å². The Morgan fingerprint density at radius 2 is 1.75 bits per heavy atom. The molecule has 0 atom stereocenters. The van der Waals surface area contributed by atoms with E-state index in [-0.39, 0.29) is 6.61 Å². The van der Waals surface area contributed by atoms with Gasteiger partial charge in [-0.3, -0.25) is 4.90 Å². The highest BCUT2D eigenvalue weighted by Crippen LogP contribution is 2.27. The molecule has 0 amide bonds. The zero-order valence-corrected chi connectivity index (χ0v) is 16.0. The summed E-state index contributed by atoms with van der Waals surface area (Å²) in [5, 5.41) is 13.6. The zero-order valence-electron chi connectivity index (χ0n) is 16.0. The molecule has 7 nitrogen and oxygen atoms in total. The van der Waals surface area contributed by atoms with Crippen molar-refractivity contribution in [1.29, 1.82) is 0 Å². The standard InChI is InChI=1S/C21H25N5O2/c1-28-17-8-6-16(7-9-17)22-20-18-4-2-3-5-19(18)23-21(24-20)26-12-10-25(11-13-26)14-15-27/h2-9,27H,10-15H2,1H3,(H,22,23,24). The van der Waals surface area contributed by atoms with Gasteiger partial charge in [-0.15, -0.1) is 0 Å². The van der Waals surface area contributed by atoms with Crippen LogP contribution >= 0.6 is 0 Å². The lowest BCUT2D eigenvalue weighted by Gasteiger charge is -2.34. The average molecular weight is 379 g/mol. The van der Waals surface area contributed by atoms with E-state index in [9.17, 15) is 0 Å². The van der Waals surface area contributed by atoms with E-state index in [1.807, 2.05) is 48.5 Å². The smallest absolute Gasteiger partial charge is 0.227 e. The molecule has 1 fully saturated rings. The summed E-state index contributed by atoms with van der Waals surface area (Å²) in [5.74, 6) is 2.35. The van der Waals surface area contributed by atoms with Gasteiger partial charge >= 0.3 is 0 Å². The second kappa shape index (κ2) is 8.41. The van der Waals surface area contributed by atoms with Gasteiger partial charge in [0.05, 0.1) is 19.2 Å². The second-order valence-electron chi connectivity index (χ2n) is 6.80. The highest BCUT2D eigenvalue weighted by Gasteiger charge is 2.20. The van der Waals surface area contributed by atoms with Gasteiger partial charge in [-0.2, -0.15) is 4.98 Å². The summed E-state index contributed by atoms with van der Waals surface area (Å²) in [6.45, 7) is 4.41. The lowest BCUT2D eigenvalue weighted by molar-refractivity contribution is 0.188. The third-order valence-corrected chi connectivity index (χ3v) is 5.02. The van der Waals surface area contributed by atoms with Gasteiger partial charge in [0.15, 0.2) is 0 Å².